The van der Waals surface area contributed by atoms with Gasteiger partial charge in [-0.3, -0.25) is 0 Å². The van der Waals surface area contributed by atoms with Crippen molar-refractivity contribution < 1.29 is 4.74 Å². The van der Waals surface area contributed by atoms with Gasteiger partial charge >= 0.3 is 0 Å². The van der Waals surface area contributed by atoms with Gasteiger partial charge in [0.05, 0.1) is 0 Å². The number of nitrogens with one attached hydrogen (secondary N) is 1. The van der Waals surface area contributed by atoms with Crippen molar-refractivity contribution >= 4 is 27.7 Å². The maximum atomic E-state index is 6.45. The third-order valence-corrected chi connectivity index (χ3v) is 5.77. The Morgan fingerprint density at radius 2 is 2.20 bits per heavy atom. The monoisotopic (exact) mass is 355 g/mol. The van der Waals surface area contributed by atoms with E-state index in [0.29, 0.717) is 6.04 Å². The second kappa shape index (κ2) is 6.29. The Morgan fingerprint density at radius 3 is 2.95 bits per heavy atom. The summed E-state index contributed by atoms with van der Waals surface area (Å²) in [6.07, 6.45) is 4.63. The molecule has 1 aromatic carbocycles. The summed E-state index contributed by atoms with van der Waals surface area (Å²) in [5, 5.41) is 3.72. The molecule has 0 radical (unpaired) electrons. The molecule has 0 saturated carbocycles. The molecule has 1 unspecified atom stereocenters. The summed E-state index contributed by atoms with van der Waals surface area (Å²) in [7, 11) is 0. The first-order valence-electron chi connectivity index (χ1n) is 7.52. The molecule has 0 amide bonds. The number of thioether (sulfide) groups is 1. The lowest BCUT2D eigenvalue weighted by molar-refractivity contribution is 0.0226. The van der Waals surface area contributed by atoms with E-state index in [2.05, 4.69) is 58.1 Å². The average molecular weight is 356 g/mol. The largest absolute Gasteiger partial charge is 0.487 e. The van der Waals surface area contributed by atoms with Gasteiger partial charge in [0.1, 0.15) is 11.4 Å². The molecule has 0 aromatic heterocycles. The Labute approximate surface area is 134 Å². The molecular formula is C16H22BrNOS. The van der Waals surface area contributed by atoms with E-state index < -0.39 is 0 Å². The minimum atomic E-state index is 0.0670. The van der Waals surface area contributed by atoms with Gasteiger partial charge in [-0.05, 0) is 55.5 Å². The molecule has 2 heterocycles. The van der Waals surface area contributed by atoms with Crippen molar-refractivity contribution in [3.8, 4) is 5.75 Å². The first-order chi connectivity index (χ1) is 9.72. The van der Waals surface area contributed by atoms with E-state index in [9.17, 15) is 0 Å². The summed E-state index contributed by atoms with van der Waals surface area (Å²) in [5.41, 5.74) is 1.38. The van der Waals surface area contributed by atoms with Gasteiger partial charge < -0.3 is 10.1 Å². The fourth-order valence-electron chi connectivity index (χ4n) is 3.19. The molecule has 110 valence electrons. The highest BCUT2D eigenvalue weighted by Gasteiger charge is 2.41. The number of rotatable bonds is 3. The molecule has 4 heteroatoms. The van der Waals surface area contributed by atoms with Crippen LogP contribution in [-0.2, 0) is 0 Å². The van der Waals surface area contributed by atoms with Crippen LogP contribution < -0.4 is 10.1 Å². The van der Waals surface area contributed by atoms with Gasteiger partial charge in [0.15, 0.2) is 0 Å². The van der Waals surface area contributed by atoms with Crippen molar-refractivity contribution in [2.24, 2.45) is 0 Å². The molecule has 20 heavy (non-hydrogen) atoms. The zero-order valence-electron chi connectivity index (χ0n) is 12.0. The van der Waals surface area contributed by atoms with Crippen molar-refractivity contribution in [3.63, 3.8) is 0 Å². The first-order valence-corrected chi connectivity index (χ1v) is 9.47. The number of halogens is 1. The van der Waals surface area contributed by atoms with E-state index in [1.54, 1.807) is 0 Å². The van der Waals surface area contributed by atoms with E-state index in [1.807, 2.05) is 0 Å². The lowest BCUT2D eigenvalue weighted by atomic mass is 9.83. The molecule has 1 saturated heterocycles. The summed E-state index contributed by atoms with van der Waals surface area (Å²) >= 11 is 5.64. The second-order valence-corrected chi connectivity index (χ2v) is 7.93. The highest BCUT2D eigenvalue weighted by atomic mass is 79.9. The predicted octanol–water partition coefficient (Wildman–Crippen LogP) is 4.54. The van der Waals surface area contributed by atoms with Crippen molar-refractivity contribution in [3.05, 3.63) is 28.2 Å². The van der Waals surface area contributed by atoms with Crippen LogP contribution >= 0.6 is 27.7 Å². The molecule has 0 bridgehead atoms. The van der Waals surface area contributed by atoms with Crippen LogP contribution in [0.4, 0.5) is 0 Å². The fourth-order valence-corrected chi connectivity index (χ4v) is 4.81. The number of benzene rings is 1. The molecule has 2 aliphatic rings. The van der Waals surface area contributed by atoms with E-state index >= 15 is 0 Å². The number of fused-ring (bicyclic) bond motifs is 1. The van der Waals surface area contributed by atoms with Gasteiger partial charge in [-0.25, -0.2) is 0 Å². The second-order valence-electron chi connectivity index (χ2n) is 5.79. The molecule has 1 fully saturated rings. The number of hydrogen-bond donors (Lipinski definition) is 1. The Hall–Kier alpha value is -0.190. The smallest absolute Gasteiger partial charge is 0.125 e. The van der Waals surface area contributed by atoms with Gasteiger partial charge in [-0.1, -0.05) is 22.9 Å². The summed E-state index contributed by atoms with van der Waals surface area (Å²) < 4.78 is 7.59. The number of hydrogen-bond acceptors (Lipinski definition) is 3. The van der Waals surface area contributed by atoms with Crippen LogP contribution in [0.5, 0.6) is 5.75 Å². The summed E-state index contributed by atoms with van der Waals surface area (Å²) in [6.45, 7) is 3.29. The maximum absolute atomic E-state index is 6.45. The van der Waals surface area contributed by atoms with E-state index in [1.165, 1.54) is 36.3 Å². The van der Waals surface area contributed by atoms with Crippen LogP contribution in [0.2, 0.25) is 0 Å². The van der Waals surface area contributed by atoms with Crippen LogP contribution in [0.3, 0.4) is 0 Å². The SMILES string of the molecule is CCCNC1CC2(CCSCC2)Oc2ccc(Br)cc21. The van der Waals surface area contributed by atoms with Gasteiger partial charge in [0, 0.05) is 22.5 Å². The highest BCUT2D eigenvalue weighted by molar-refractivity contribution is 9.10. The van der Waals surface area contributed by atoms with Crippen molar-refractivity contribution in [1.29, 1.82) is 0 Å². The Balaban J connectivity index is 1.90. The summed E-state index contributed by atoms with van der Waals surface area (Å²) in [4.78, 5) is 0. The molecule has 0 aliphatic carbocycles. The minimum Gasteiger partial charge on any atom is -0.487 e. The topological polar surface area (TPSA) is 21.3 Å². The molecule has 1 aromatic rings. The van der Waals surface area contributed by atoms with Crippen LogP contribution in [0.25, 0.3) is 0 Å². The third-order valence-electron chi connectivity index (χ3n) is 4.29. The van der Waals surface area contributed by atoms with Gasteiger partial charge in [-0.2, -0.15) is 11.8 Å². The molecule has 1 atom stereocenters. The maximum Gasteiger partial charge on any atom is 0.125 e. The van der Waals surface area contributed by atoms with Crippen molar-refractivity contribution in [1.82, 2.24) is 5.32 Å². The van der Waals surface area contributed by atoms with Crippen LogP contribution in [0.1, 0.15) is 44.2 Å². The zero-order valence-corrected chi connectivity index (χ0v) is 14.4. The molecule has 2 aliphatic heterocycles. The zero-order chi connectivity index (χ0) is 14.0. The molecule has 3 rings (SSSR count). The Kier molecular flexibility index (Phi) is 4.63. The van der Waals surface area contributed by atoms with E-state index in [0.717, 1.165) is 23.2 Å². The molecular weight excluding hydrogens is 334 g/mol. The standard InChI is InChI=1S/C16H22BrNOS/c1-2-7-18-14-11-16(5-8-20-9-6-16)19-15-4-3-12(17)10-13(14)15/h3-4,10,14,18H,2,5-9,11H2,1H3. The van der Waals surface area contributed by atoms with Crippen LogP contribution in [-0.4, -0.2) is 23.7 Å². The van der Waals surface area contributed by atoms with Crippen molar-refractivity contribution in [2.45, 2.75) is 44.2 Å². The molecule has 2 nitrogen and oxygen atoms in total. The third kappa shape index (κ3) is 3.02. The lowest BCUT2D eigenvalue weighted by Gasteiger charge is -2.44. The fraction of sp³-hybridized carbons (Fsp3) is 0.625. The highest BCUT2D eigenvalue weighted by Crippen LogP contribution is 2.46. The van der Waals surface area contributed by atoms with Crippen LogP contribution in [0, 0.1) is 0 Å². The first kappa shape index (κ1) is 14.7. The molecule has 1 N–H and O–H groups in total. The van der Waals surface area contributed by atoms with Crippen molar-refractivity contribution in [2.75, 3.05) is 18.1 Å². The Morgan fingerprint density at radius 1 is 1.40 bits per heavy atom. The molecule has 1 spiro atoms. The minimum absolute atomic E-state index is 0.0670. The summed E-state index contributed by atoms with van der Waals surface area (Å²) in [6, 6.07) is 6.86. The van der Waals surface area contributed by atoms with Gasteiger partial charge in [0.25, 0.3) is 0 Å². The van der Waals surface area contributed by atoms with Crippen LogP contribution in [0.15, 0.2) is 22.7 Å². The van der Waals surface area contributed by atoms with E-state index in [-0.39, 0.29) is 5.60 Å². The summed E-state index contributed by atoms with van der Waals surface area (Å²) in [5.74, 6) is 3.54. The Bertz CT molecular complexity index is 474. The average Bonchev–Trinajstić information content (AvgIpc) is 2.46. The van der Waals surface area contributed by atoms with Gasteiger partial charge in [0.2, 0.25) is 0 Å². The quantitative estimate of drug-likeness (QED) is 0.859. The predicted molar refractivity (Wildman–Crippen MR) is 89.7 cm³/mol. The van der Waals surface area contributed by atoms with Gasteiger partial charge in [-0.15, -0.1) is 0 Å². The van der Waals surface area contributed by atoms with E-state index in [4.69, 9.17) is 4.74 Å². The normalized spacial score (nSPS) is 24.2. The number of ether oxygens (including phenoxy) is 1. The lowest BCUT2D eigenvalue weighted by Crippen LogP contribution is -2.46.